The molecule has 2 unspecified atom stereocenters. The van der Waals surface area contributed by atoms with Gasteiger partial charge in [-0.05, 0) is 17.5 Å². The van der Waals surface area contributed by atoms with Crippen LogP contribution in [0.25, 0.3) is 11.4 Å². The lowest BCUT2D eigenvalue weighted by atomic mass is 10.1. The van der Waals surface area contributed by atoms with E-state index in [9.17, 15) is 0 Å². The third-order valence-electron chi connectivity index (χ3n) is 3.76. The molecule has 96 valence electrons. The lowest BCUT2D eigenvalue weighted by Crippen LogP contribution is -1.90. The molecule has 1 fully saturated rings. The standard InChI is InChI=1S/C14H12ClN3O/c1-14(2)10(7-16)11(14)13-17-12(18-19-13)8-4-3-5-9(15)6-8/h3-6,10-11H,1-2H3. The second-order valence-corrected chi connectivity index (χ2v) is 5.81. The van der Waals surface area contributed by atoms with Gasteiger partial charge in [0.2, 0.25) is 11.7 Å². The lowest BCUT2D eigenvalue weighted by molar-refractivity contribution is 0.368. The van der Waals surface area contributed by atoms with E-state index >= 15 is 0 Å². The van der Waals surface area contributed by atoms with Gasteiger partial charge in [0, 0.05) is 10.6 Å². The van der Waals surface area contributed by atoms with E-state index in [1.807, 2.05) is 26.0 Å². The van der Waals surface area contributed by atoms with Crippen molar-refractivity contribution in [3.8, 4) is 17.5 Å². The molecule has 2 aromatic rings. The van der Waals surface area contributed by atoms with Gasteiger partial charge in [0.05, 0.1) is 17.9 Å². The molecule has 0 N–H and O–H groups in total. The predicted octanol–water partition coefficient (Wildman–Crippen LogP) is 3.65. The molecule has 4 nitrogen and oxygen atoms in total. The molecule has 1 heterocycles. The monoisotopic (exact) mass is 273 g/mol. The summed E-state index contributed by atoms with van der Waals surface area (Å²) in [5.74, 6) is 1.02. The molecule has 3 rings (SSSR count). The molecule has 0 amide bonds. The van der Waals surface area contributed by atoms with Gasteiger partial charge < -0.3 is 4.52 Å². The molecule has 2 atom stereocenters. The Morgan fingerprint density at radius 1 is 1.42 bits per heavy atom. The Morgan fingerprint density at radius 2 is 2.21 bits per heavy atom. The molecule has 0 radical (unpaired) electrons. The Kier molecular flexibility index (Phi) is 2.61. The SMILES string of the molecule is CC1(C)C(C#N)C1c1nc(-c2cccc(Cl)c2)no1. The van der Waals surface area contributed by atoms with Crippen molar-refractivity contribution in [3.63, 3.8) is 0 Å². The van der Waals surface area contributed by atoms with Gasteiger partial charge in [0.25, 0.3) is 0 Å². The third kappa shape index (κ3) is 1.91. The molecule has 0 spiro atoms. The summed E-state index contributed by atoms with van der Waals surface area (Å²) in [5, 5.41) is 13.7. The van der Waals surface area contributed by atoms with Gasteiger partial charge in [0.1, 0.15) is 0 Å². The summed E-state index contributed by atoms with van der Waals surface area (Å²) in [6.45, 7) is 4.07. The molecule has 0 saturated heterocycles. The number of nitriles is 1. The highest BCUT2D eigenvalue weighted by Crippen LogP contribution is 2.63. The van der Waals surface area contributed by atoms with E-state index < -0.39 is 0 Å². The second kappa shape index (κ2) is 4.07. The fourth-order valence-corrected chi connectivity index (χ4v) is 2.64. The van der Waals surface area contributed by atoms with E-state index in [4.69, 9.17) is 21.4 Å². The van der Waals surface area contributed by atoms with Crippen LogP contribution in [-0.4, -0.2) is 10.1 Å². The third-order valence-corrected chi connectivity index (χ3v) is 3.99. The highest BCUT2D eigenvalue weighted by molar-refractivity contribution is 6.30. The smallest absolute Gasteiger partial charge is 0.232 e. The number of benzene rings is 1. The Balaban J connectivity index is 1.92. The second-order valence-electron chi connectivity index (χ2n) is 5.37. The summed E-state index contributed by atoms with van der Waals surface area (Å²) in [6.07, 6.45) is 0. The Bertz CT molecular complexity index is 671. The van der Waals surface area contributed by atoms with Crippen molar-refractivity contribution in [3.05, 3.63) is 35.2 Å². The molecule has 0 bridgehead atoms. The fourth-order valence-electron chi connectivity index (χ4n) is 2.45. The first-order chi connectivity index (χ1) is 9.04. The van der Waals surface area contributed by atoms with Crippen LogP contribution in [0.3, 0.4) is 0 Å². The van der Waals surface area contributed by atoms with Crippen LogP contribution in [0.4, 0.5) is 0 Å². The molecule has 1 aliphatic rings. The summed E-state index contributed by atoms with van der Waals surface area (Å²) in [7, 11) is 0. The van der Waals surface area contributed by atoms with Crippen LogP contribution in [0.1, 0.15) is 25.7 Å². The first-order valence-corrected chi connectivity index (χ1v) is 6.41. The number of halogens is 1. The Hall–Kier alpha value is -1.86. The quantitative estimate of drug-likeness (QED) is 0.838. The summed E-state index contributed by atoms with van der Waals surface area (Å²) in [5.41, 5.74) is 0.724. The summed E-state index contributed by atoms with van der Waals surface area (Å²) < 4.78 is 5.30. The van der Waals surface area contributed by atoms with Crippen molar-refractivity contribution >= 4 is 11.6 Å². The van der Waals surface area contributed by atoms with Crippen LogP contribution >= 0.6 is 11.6 Å². The summed E-state index contributed by atoms with van der Waals surface area (Å²) in [6, 6.07) is 9.58. The minimum atomic E-state index is -0.0904. The number of nitrogens with zero attached hydrogens (tertiary/aromatic N) is 3. The molecule has 1 aromatic heterocycles. The van der Waals surface area contributed by atoms with Crippen LogP contribution < -0.4 is 0 Å². The maximum atomic E-state index is 9.08. The molecular weight excluding hydrogens is 262 g/mol. The van der Waals surface area contributed by atoms with Crippen molar-refractivity contribution < 1.29 is 4.52 Å². The zero-order chi connectivity index (χ0) is 13.6. The minimum absolute atomic E-state index is 0.0259. The molecule has 1 aromatic carbocycles. The molecule has 0 aliphatic heterocycles. The zero-order valence-electron chi connectivity index (χ0n) is 10.6. The summed E-state index contributed by atoms with van der Waals surface area (Å²) in [4.78, 5) is 4.39. The highest BCUT2D eigenvalue weighted by atomic mass is 35.5. The fraction of sp³-hybridized carbons (Fsp3) is 0.357. The van der Waals surface area contributed by atoms with Gasteiger partial charge in [-0.1, -0.05) is 42.7 Å². The maximum absolute atomic E-state index is 9.08. The van der Waals surface area contributed by atoms with E-state index in [0.29, 0.717) is 16.7 Å². The lowest BCUT2D eigenvalue weighted by Gasteiger charge is -1.95. The van der Waals surface area contributed by atoms with E-state index in [0.717, 1.165) is 5.56 Å². The van der Waals surface area contributed by atoms with E-state index in [-0.39, 0.29) is 17.3 Å². The maximum Gasteiger partial charge on any atom is 0.232 e. The van der Waals surface area contributed by atoms with Crippen LogP contribution in [-0.2, 0) is 0 Å². The molecule has 19 heavy (non-hydrogen) atoms. The molecule has 1 saturated carbocycles. The largest absolute Gasteiger partial charge is 0.339 e. The van der Waals surface area contributed by atoms with Gasteiger partial charge in [-0.25, -0.2) is 0 Å². The Morgan fingerprint density at radius 3 is 2.84 bits per heavy atom. The number of rotatable bonds is 2. The number of hydrogen-bond acceptors (Lipinski definition) is 4. The number of aromatic nitrogens is 2. The van der Waals surface area contributed by atoms with Crippen molar-refractivity contribution in [2.45, 2.75) is 19.8 Å². The average Bonchev–Trinajstić information content (AvgIpc) is 2.76. The predicted molar refractivity (Wildman–Crippen MR) is 70.4 cm³/mol. The minimum Gasteiger partial charge on any atom is -0.339 e. The van der Waals surface area contributed by atoms with Gasteiger partial charge in [-0.3, -0.25) is 0 Å². The van der Waals surface area contributed by atoms with Gasteiger partial charge >= 0.3 is 0 Å². The van der Waals surface area contributed by atoms with Gasteiger partial charge in [-0.2, -0.15) is 10.2 Å². The topological polar surface area (TPSA) is 62.7 Å². The zero-order valence-corrected chi connectivity index (χ0v) is 11.3. The van der Waals surface area contributed by atoms with Crippen molar-refractivity contribution in [2.75, 3.05) is 0 Å². The van der Waals surface area contributed by atoms with Gasteiger partial charge in [0.15, 0.2) is 0 Å². The highest BCUT2D eigenvalue weighted by Gasteiger charge is 2.62. The van der Waals surface area contributed by atoms with Crippen LogP contribution in [0.2, 0.25) is 5.02 Å². The van der Waals surface area contributed by atoms with Crippen LogP contribution in [0, 0.1) is 22.7 Å². The number of hydrogen-bond donors (Lipinski definition) is 0. The van der Waals surface area contributed by atoms with Crippen molar-refractivity contribution in [1.29, 1.82) is 5.26 Å². The van der Waals surface area contributed by atoms with Gasteiger partial charge in [-0.15, -0.1) is 0 Å². The van der Waals surface area contributed by atoms with Crippen molar-refractivity contribution in [1.82, 2.24) is 10.1 Å². The first-order valence-electron chi connectivity index (χ1n) is 6.03. The van der Waals surface area contributed by atoms with Crippen LogP contribution in [0.5, 0.6) is 0 Å². The van der Waals surface area contributed by atoms with E-state index in [2.05, 4.69) is 16.2 Å². The Labute approximate surface area is 116 Å². The van der Waals surface area contributed by atoms with E-state index in [1.165, 1.54) is 0 Å². The first kappa shape index (κ1) is 12.2. The average molecular weight is 274 g/mol. The van der Waals surface area contributed by atoms with Crippen LogP contribution in [0.15, 0.2) is 28.8 Å². The van der Waals surface area contributed by atoms with E-state index in [1.54, 1.807) is 12.1 Å². The molecule has 1 aliphatic carbocycles. The van der Waals surface area contributed by atoms with Crippen molar-refractivity contribution in [2.24, 2.45) is 11.3 Å². The summed E-state index contributed by atoms with van der Waals surface area (Å²) >= 11 is 5.94. The molecular formula is C14H12ClN3O. The normalized spacial score (nSPS) is 23.9. The molecule has 5 heteroatoms.